The summed E-state index contributed by atoms with van der Waals surface area (Å²) in [5, 5.41) is 10.9. The lowest BCUT2D eigenvalue weighted by Gasteiger charge is -2.13. The molecule has 136 valence electrons. The van der Waals surface area contributed by atoms with E-state index < -0.39 is 12.0 Å². The molecule has 3 aromatic rings. The third-order valence-electron chi connectivity index (χ3n) is 4.82. The van der Waals surface area contributed by atoms with E-state index in [2.05, 4.69) is 32.4 Å². The molecule has 3 atom stereocenters. The van der Waals surface area contributed by atoms with Gasteiger partial charge in [-0.2, -0.15) is 0 Å². The number of aromatic nitrogens is 5. The highest BCUT2D eigenvalue weighted by Crippen LogP contribution is 2.40. The van der Waals surface area contributed by atoms with E-state index in [1.54, 1.807) is 6.20 Å². The minimum atomic E-state index is -0.634. The summed E-state index contributed by atoms with van der Waals surface area (Å²) in [5.41, 5.74) is 7.38. The van der Waals surface area contributed by atoms with E-state index in [0.717, 1.165) is 17.0 Å². The molecule has 3 aromatic heterocycles. The monoisotopic (exact) mass is 357 g/mol. The molecule has 0 spiro atoms. The first-order chi connectivity index (χ1) is 12.5. The van der Waals surface area contributed by atoms with Gasteiger partial charge in [-0.25, -0.2) is 9.78 Å². The highest BCUT2D eigenvalue weighted by Gasteiger charge is 2.37. The fraction of sp³-hybridized carbons (Fsp3) is 0.438. The summed E-state index contributed by atoms with van der Waals surface area (Å²) in [5.74, 6) is 0.583. The zero-order valence-electron chi connectivity index (χ0n) is 14.2. The van der Waals surface area contributed by atoms with Crippen LogP contribution in [0.3, 0.4) is 0 Å². The molecule has 26 heavy (non-hydrogen) atoms. The number of ether oxygens (including phenoxy) is 1. The van der Waals surface area contributed by atoms with E-state index in [0.29, 0.717) is 18.5 Å². The van der Waals surface area contributed by atoms with Crippen molar-refractivity contribution in [2.75, 3.05) is 6.54 Å². The van der Waals surface area contributed by atoms with Gasteiger partial charge in [-0.1, -0.05) is 6.92 Å². The minimum absolute atomic E-state index is 0.0967. The van der Waals surface area contributed by atoms with Gasteiger partial charge in [0.25, 0.3) is 0 Å². The Labute approximate surface area is 148 Å². The lowest BCUT2D eigenvalue weighted by atomic mass is 9.97. The standard InChI is InChI=1S/C16H19N7O3/c1-8-4-9(26-16(25)20-6-12(17)24)5-10(8)15-22-21-13-7-19-14-11(23(13)15)2-3-18-14/h2-3,7-10,18H,4-6H2,1H3,(H2,17,24)(H,20,25)/t8-,9-,10+/m1/s1. The van der Waals surface area contributed by atoms with E-state index in [-0.39, 0.29) is 24.5 Å². The summed E-state index contributed by atoms with van der Waals surface area (Å²) in [7, 11) is 0. The van der Waals surface area contributed by atoms with Gasteiger partial charge in [0.15, 0.2) is 11.3 Å². The molecule has 0 radical (unpaired) electrons. The Balaban J connectivity index is 1.55. The van der Waals surface area contributed by atoms with E-state index in [4.69, 9.17) is 10.5 Å². The van der Waals surface area contributed by atoms with Crippen LogP contribution >= 0.6 is 0 Å². The molecule has 0 unspecified atom stereocenters. The van der Waals surface area contributed by atoms with E-state index in [1.165, 1.54) is 0 Å². The van der Waals surface area contributed by atoms with Crippen LogP contribution in [0.5, 0.6) is 0 Å². The zero-order chi connectivity index (χ0) is 18.3. The first-order valence-corrected chi connectivity index (χ1v) is 8.43. The Morgan fingerprint density at radius 1 is 1.42 bits per heavy atom. The van der Waals surface area contributed by atoms with Crippen molar-refractivity contribution in [2.45, 2.75) is 31.8 Å². The number of primary amides is 1. The quantitative estimate of drug-likeness (QED) is 0.628. The molecule has 10 heteroatoms. The number of fused-ring (bicyclic) bond motifs is 3. The molecule has 3 heterocycles. The van der Waals surface area contributed by atoms with Gasteiger partial charge in [-0.3, -0.25) is 9.20 Å². The maximum atomic E-state index is 11.8. The molecule has 0 saturated heterocycles. The second-order valence-electron chi connectivity index (χ2n) is 6.62. The minimum Gasteiger partial charge on any atom is -0.446 e. The molecule has 1 fully saturated rings. The number of nitrogens with one attached hydrogen (secondary N) is 2. The number of amides is 2. The smallest absolute Gasteiger partial charge is 0.407 e. The molecule has 2 amide bonds. The third-order valence-corrected chi connectivity index (χ3v) is 4.82. The molecule has 4 rings (SSSR count). The van der Waals surface area contributed by atoms with Crippen LogP contribution in [0, 0.1) is 5.92 Å². The molecule has 0 aromatic carbocycles. The Bertz CT molecular complexity index is 979. The topological polar surface area (TPSA) is 140 Å². The number of hydrogen-bond acceptors (Lipinski definition) is 6. The number of alkyl carbamates (subject to hydrolysis) is 1. The van der Waals surface area contributed by atoms with Crippen molar-refractivity contribution in [2.24, 2.45) is 11.7 Å². The first-order valence-electron chi connectivity index (χ1n) is 8.43. The maximum Gasteiger partial charge on any atom is 0.407 e. The van der Waals surface area contributed by atoms with Crippen molar-refractivity contribution in [3.05, 3.63) is 24.3 Å². The first kappa shape index (κ1) is 16.3. The van der Waals surface area contributed by atoms with Gasteiger partial charge in [0.1, 0.15) is 11.9 Å². The molecule has 4 N–H and O–H groups in total. The second-order valence-corrected chi connectivity index (χ2v) is 6.62. The second kappa shape index (κ2) is 6.28. The predicted octanol–water partition coefficient (Wildman–Crippen LogP) is 0.699. The lowest BCUT2D eigenvalue weighted by Crippen LogP contribution is -2.35. The van der Waals surface area contributed by atoms with Crippen molar-refractivity contribution >= 4 is 28.8 Å². The van der Waals surface area contributed by atoms with Crippen LogP contribution in [0.4, 0.5) is 4.79 Å². The summed E-state index contributed by atoms with van der Waals surface area (Å²) in [6.07, 6.45) is 3.97. The van der Waals surface area contributed by atoms with Crippen LogP contribution in [0.15, 0.2) is 18.5 Å². The van der Waals surface area contributed by atoms with Crippen LogP contribution in [0.2, 0.25) is 0 Å². The van der Waals surface area contributed by atoms with E-state index in [9.17, 15) is 9.59 Å². The van der Waals surface area contributed by atoms with Gasteiger partial charge >= 0.3 is 6.09 Å². The van der Waals surface area contributed by atoms with E-state index in [1.807, 2.05) is 16.7 Å². The SMILES string of the molecule is C[C@@H]1C[C@@H](OC(=O)NCC(N)=O)C[C@@H]1c1nnc2cnc3[nH]ccc3n12. The average molecular weight is 357 g/mol. The van der Waals surface area contributed by atoms with Crippen molar-refractivity contribution in [3.8, 4) is 0 Å². The predicted molar refractivity (Wildman–Crippen MR) is 91.2 cm³/mol. The highest BCUT2D eigenvalue weighted by molar-refractivity contribution is 5.80. The van der Waals surface area contributed by atoms with Crippen LogP contribution in [-0.4, -0.2) is 49.2 Å². The van der Waals surface area contributed by atoms with Gasteiger partial charge < -0.3 is 20.8 Å². The van der Waals surface area contributed by atoms with Crippen molar-refractivity contribution in [1.82, 2.24) is 29.9 Å². The number of nitrogens with two attached hydrogens (primary N) is 1. The summed E-state index contributed by atoms with van der Waals surface area (Å²) in [4.78, 5) is 29.9. The third kappa shape index (κ3) is 2.83. The largest absolute Gasteiger partial charge is 0.446 e. The van der Waals surface area contributed by atoms with Gasteiger partial charge in [0, 0.05) is 12.1 Å². The number of carbonyl (C=O) groups is 2. The summed E-state index contributed by atoms with van der Waals surface area (Å²) in [6.45, 7) is 1.86. The summed E-state index contributed by atoms with van der Waals surface area (Å²) < 4.78 is 7.41. The number of hydrogen-bond donors (Lipinski definition) is 3. The number of H-pyrrole nitrogens is 1. The van der Waals surface area contributed by atoms with Crippen molar-refractivity contribution < 1.29 is 14.3 Å². The lowest BCUT2D eigenvalue weighted by molar-refractivity contribution is -0.117. The fourth-order valence-electron chi connectivity index (χ4n) is 3.64. The van der Waals surface area contributed by atoms with Gasteiger partial charge in [0.2, 0.25) is 5.91 Å². The van der Waals surface area contributed by atoms with Gasteiger partial charge in [0.05, 0.1) is 18.3 Å². The number of rotatable bonds is 4. The molecule has 0 aliphatic heterocycles. The molecule has 1 aliphatic rings. The Morgan fingerprint density at radius 3 is 3.08 bits per heavy atom. The molecule has 10 nitrogen and oxygen atoms in total. The Kier molecular flexibility index (Phi) is 3.94. The van der Waals surface area contributed by atoms with Crippen molar-refractivity contribution in [3.63, 3.8) is 0 Å². The van der Waals surface area contributed by atoms with E-state index >= 15 is 0 Å². The number of nitrogens with zero attached hydrogens (tertiary/aromatic N) is 4. The Morgan fingerprint density at radius 2 is 2.27 bits per heavy atom. The van der Waals surface area contributed by atoms with Gasteiger partial charge in [-0.05, 0) is 24.8 Å². The fourth-order valence-corrected chi connectivity index (χ4v) is 3.64. The molecular weight excluding hydrogens is 338 g/mol. The van der Waals surface area contributed by atoms with Gasteiger partial charge in [-0.15, -0.1) is 10.2 Å². The highest BCUT2D eigenvalue weighted by atomic mass is 16.6. The zero-order valence-corrected chi connectivity index (χ0v) is 14.2. The molecule has 1 aliphatic carbocycles. The maximum absolute atomic E-state index is 11.8. The van der Waals surface area contributed by atoms with Crippen LogP contribution in [-0.2, 0) is 9.53 Å². The summed E-state index contributed by atoms with van der Waals surface area (Å²) >= 11 is 0. The van der Waals surface area contributed by atoms with Crippen LogP contribution in [0.1, 0.15) is 31.5 Å². The molecular formula is C16H19N7O3. The molecule has 1 saturated carbocycles. The van der Waals surface area contributed by atoms with Crippen molar-refractivity contribution in [1.29, 1.82) is 0 Å². The van der Waals surface area contributed by atoms with Crippen LogP contribution < -0.4 is 11.1 Å². The Hall–Kier alpha value is -3.17. The summed E-state index contributed by atoms with van der Waals surface area (Å²) in [6, 6.07) is 1.94. The number of carbonyl (C=O) groups excluding carboxylic acids is 2. The average Bonchev–Trinajstić information content (AvgIpc) is 3.29. The number of aromatic amines is 1. The normalized spacial score (nSPS) is 22.7. The molecule has 0 bridgehead atoms. The van der Waals surface area contributed by atoms with Crippen LogP contribution in [0.25, 0.3) is 16.8 Å².